The first-order valence-corrected chi connectivity index (χ1v) is 4.10. The van der Waals surface area contributed by atoms with Crippen molar-refractivity contribution >= 4 is 5.97 Å². The van der Waals surface area contributed by atoms with E-state index in [4.69, 9.17) is 9.47 Å². The highest BCUT2D eigenvalue weighted by Crippen LogP contribution is 2.37. The zero-order chi connectivity index (χ0) is 9.19. The van der Waals surface area contributed by atoms with Crippen molar-refractivity contribution in [3.05, 3.63) is 12.3 Å². The number of rotatable bonds is 2. The van der Waals surface area contributed by atoms with E-state index in [0.29, 0.717) is 25.4 Å². The fourth-order valence-corrected chi connectivity index (χ4v) is 1.18. The molecule has 1 heterocycles. The Bertz CT molecular complexity index is 210. The van der Waals surface area contributed by atoms with Gasteiger partial charge in [-0.2, -0.15) is 0 Å². The smallest absolute Gasteiger partial charge is 0.319 e. The van der Waals surface area contributed by atoms with Crippen LogP contribution in [0.3, 0.4) is 0 Å². The van der Waals surface area contributed by atoms with Crippen molar-refractivity contribution in [2.24, 2.45) is 5.41 Å². The Morgan fingerprint density at radius 3 is 2.92 bits per heavy atom. The number of esters is 1. The molecule has 0 saturated carbocycles. The molecule has 3 heteroatoms. The maximum Gasteiger partial charge on any atom is 0.319 e. The van der Waals surface area contributed by atoms with Crippen molar-refractivity contribution in [3.63, 3.8) is 0 Å². The molecular weight excluding hydrogens is 156 g/mol. The summed E-state index contributed by atoms with van der Waals surface area (Å²) in [4.78, 5) is 11.4. The molecule has 1 aliphatic heterocycles. The summed E-state index contributed by atoms with van der Waals surface area (Å²) in [7, 11) is 0. The summed E-state index contributed by atoms with van der Waals surface area (Å²) in [6.07, 6.45) is 0.671. The van der Waals surface area contributed by atoms with E-state index in [9.17, 15) is 4.79 Å². The maximum absolute atomic E-state index is 11.4. The Hall–Kier alpha value is -0.990. The van der Waals surface area contributed by atoms with Crippen molar-refractivity contribution in [3.8, 4) is 0 Å². The molecule has 3 nitrogen and oxygen atoms in total. The largest absolute Gasteiger partial charge is 0.497 e. The van der Waals surface area contributed by atoms with Crippen LogP contribution in [0.4, 0.5) is 0 Å². The van der Waals surface area contributed by atoms with Crippen LogP contribution in [0.15, 0.2) is 12.3 Å². The number of ether oxygens (including phenoxy) is 2. The van der Waals surface area contributed by atoms with Gasteiger partial charge < -0.3 is 9.47 Å². The second-order valence-corrected chi connectivity index (χ2v) is 3.07. The Morgan fingerprint density at radius 1 is 1.83 bits per heavy atom. The quantitative estimate of drug-likeness (QED) is 0.589. The number of hydrogen-bond donors (Lipinski definition) is 0. The molecule has 0 N–H and O–H groups in total. The van der Waals surface area contributed by atoms with Gasteiger partial charge in [-0.25, -0.2) is 0 Å². The lowest BCUT2D eigenvalue weighted by Crippen LogP contribution is -2.28. The maximum atomic E-state index is 11.4. The van der Waals surface area contributed by atoms with Gasteiger partial charge in [0.25, 0.3) is 0 Å². The van der Waals surface area contributed by atoms with E-state index in [1.165, 1.54) is 0 Å². The third kappa shape index (κ3) is 1.31. The van der Waals surface area contributed by atoms with Crippen LogP contribution < -0.4 is 0 Å². The highest BCUT2D eigenvalue weighted by Gasteiger charge is 2.43. The molecule has 0 aliphatic carbocycles. The zero-order valence-electron chi connectivity index (χ0n) is 7.55. The SMILES string of the molecule is C=C1OCCC1(C)C(=O)OCC. The van der Waals surface area contributed by atoms with Gasteiger partial charge in [-0.3, -0.25) is 4.79 Å². The summed E-state index contributed by atoms with van der Waals surface area (Å²) >= 11 is 0. The third-order valence-corrected chi connectivity index (χ3v) is 2.22. The van der Waals surface area contributed by atoms with Gasteiger partial charge in [0.15, 0.2) is 0 Å². The average Bonchev–Trinajstić information content (AvgIpc) is 2.34. The number of hydrogen-bond acceptors (Lipinski definition) is 3. The molecule has 0 aromatic rings. The van der Waals surface area contributed by atoms with Crippen molar-refractivity contribution < 1.29 is 14.3 Å². The molecule has 0 aromatic carbocycles. The lowest BCUT2D eigenvalue weighted by molar-refractivity contribution is -0.152. The highest BCUT2D eigenvalue weighted by atomic mass is 16.5. The molecule has 12 heavy (non-hydrogen) atoms. The van der Waals surface area contributed by atoms with Crippen LogP contribution in [0, 0.1) is 5.41 Å². The van der Waals surface area contributed by atoms with E-state index in [0.717, 1.165) is 0 Å². The molecule has 0 bridgehead atoms. The van der Waals surface area contributed by atoms with Gasteiger partial charge >= 0.3 is 5.97 Å². The van der Waals surface area contributed by atoms with Crippen LogP contribution >= 0.6 is 0 Å². The Labute approximate surface area is 72.4 Å². The number of carbonyl (C=O) groups is 1. The minimum Gasteiger partial charge on any atom is -0.497 e. The Kier molecular flexibility index (Phi) is 2.40. The van der Waals surface area contributed by atoms with Crippen molar-refractivity contribution in [2.45, 2.75) is 20.3 Å². The van der Waals surface area contributed by atoms with Crippen LogP contribution in [0.1, 0.15) is 20.3 Å². The van der Waals surface area contributed by atoms with Gasteiger partial charge in [0.1, 0.15) is 11.2 Å². The zero-order valence-corrected chi connectivity index (χ0v) is 7.55. The van der Waals surface area contributed by atoms with Gasteiger partial charge in [0.05, 0.1) is 13.2 Å². The summed E-state index contributed by atoms with van der Waals surface area (Å²) in [5, 5.41) is 0. The lowest BCUT2D eigenvalue weighted by atomic mass is 9.87. The van der Waals surface area contributed by atoms with E-state index < -0.39 is 5.41 Å². The predicted octanol–water partition coefficient (Wildman–Crippen LogP) is 1.49. The summed E-state index contributed by atoms with van der Waals surface area (Å²) in [5.41, 5.74) is -0.615. The van der Waals surface area contributed by atoms with Crippen LogP contribution in [0.2, 0.25) is 0 Å². The van der Waals surface area contributed by atoms with Gasteiger partial charge in [0, 0.05) is 6.42 Å². The summed E-state index contributed by atoms with van der Waals surface area (Å²) in [5.74, 6) is 0.299. The van der Waals surface area contributed by atoms with Crippen molar-refractivity contribution in [2.75, 3.05) is 13.2 Å². The van der Waals surface area contributed by atoms with Gasteiger partial charge in [-0.15, -0.1) is 0 Å². The molecule has 68 valence electrons. The Morgan fingerprint density at radius 2 is 2.50 bits per heavy atom. The molecule has 1 atom stereocenters. The average molecular weight is 170 g/mol. The summed E-state index contributed by atoms with van der Waals surface area (Å²) in [6, 6.07) is 0. The molecule has 0 spiro atoms. The van der Waals surface area contributed by atoms with Crippen molar-refractivity contribution in [1.82, 2.24) is 0 Å². The van der Waals surface area contributed by atoms with Crippen LogP contribution in [0.25, 0.3) is 0 Å². The van der Waals surface area contributed by atoms with Gasteiger partial charge in [0.2, 0.25) is 0 Å². The molecular formula is C9H14O3. The first kappa shape index (κ1) is 9.10. The molecule has 0 radical (unpaired) electrons. The molecule has 1 rings (SSSR count). The minimum absolute atomic E-state index is 0.229. The normalized spacial score (nSPS) is 28.3. The monoisotopic (exact) mass is 170 g/mol. The highest BCUT2D eigenvalue weighted by molar-refractivity contribution is 5.79. The fraction of sp³-hybridized carbons (Fsp3) is 0.667. The van der Waals surface area contributed by atoms with E-state index in [1.54, 1.807) is 13.8 Å². The van der Waals surface area contributed by atoms with E-state index in [2.05, 4.69) is 6.58 Å². The standard InChI is InChI=1S/C9H14O3/c1-4-11-8(10)9(3)5-6-12-7(9)2/h2,4-6H2,1,3H3. The van der Waals surface area contributed by atoms with Crippen LogP contribution in [0.5, 0.6) is 0 Å². The molecule has 0 amide bonds. The first-order valence-electron chi connectivity index (χ1n) is 4.10. The van der Waals surface area contributed by atoms with Gasteiger partial charge in [-0.1, -0.05) is 6.58 Å². The fourth-order valence-electron chi connectivity index (χ4n) is 1.18. The molecule has 1 saturated heterocycles. The third-order valence-electron chi connectivity index (χ3n) is 2.22. The van der Waals surface area contributed by atoms with Crippen molar-refractivity contribution in [1.29, 1.82) is 0 Å². The molecule has 0 aromatic heterocycles. The Balaban J connectivity index is 2.70. The van der Waals surface area contributed by atoms with E-state index >= 15 is 0 Å². The minimum atomic E-state index is -0.615. The first-order chi connectivity index (χ1) is 5.61. The summed E-state index contributed by atoms with van der Waals surface area (Å²) in [6.45, 7) is 8.25. The van der Waals surface area contributed by atoms with Gasteiger partial charge in [-0.05, 0) is 13.8 Å². The van der Waals surface area contributed by atoms with Crippen LogP contribution in [-0.2, 0) is 14.3 Å². The second-order valence-electron chi connectivity index (χ2n) is 3.07. The molecule has 1 fully saturated rings. The second kappa shape index (κ2) is 3.17. The van der Waals surface area contributed by atoms with E-state index in [-0.39, 0.29) is 5.97 Å². The lowest BCUT2D eigenvalue weighted by Gasteiger charge is -2.19. The topological polar surface area (TPSA) is 35.5 Å². The van der Waals surface area contributed by atoms with Crippen LogP contribution in [-0.4, -0.2) is 19.2 Å². The van der Waals surface area contributed by atoms with E-state index in [1.807, 2.05) is 0 Å². The molecule has 1 unspecified atom stereocenters. The molecule has 1 aliphatic rings. The predicted molar refractivity (Wildman–Crippen MR) is 44.4 cm³/mol. The summed E-state index contributed by atoms with van der Waals surface area (Å²) < 4.78 is 10.1. The number of carbonyl (C=O) groups excluding carboxylic acids is 1.